The zero-order valence-corrected chi connectivity index (χ0v) is 68.3. The number of phosphoric ester groups is 1. The first-order chi connectivity index (χ1) is 61.2. The maximum absolute atomic E-state index is 14.3. The van der Waals surface area contributed by atoms with Gasteiger partial charge in [-0.05, 0) is 0 Å². The lowest BCUT2D eigenvalue weighted by Crippen LogP contribution is -2.71. The number of nitrogens with two attached hydrogens (primary N) is 2. The van der Waals surface area contributed by atoms with E-state index in [2.05, 4.69) is 0 Å². The van der Waals surface area contributed by atoms with Gasteiger partial charge in [-0.1, -0.05) is 0 Å². The summed E-state index contributed by atoms with van der Waals surface area (Å²) in [6.45, 7) is -11.5. The van der Waals surface area contributed by atoms with E-state index in [1.54, 1.807) is 0 Å². The first-order valence-corrected chi connectivity index (χ1v) is 41.5. The predicted molar refractivity (Wildman–Crippen MR) is 386 cm³/mol. The average molecular weight is 1950 g/mol. The maximum atomic E-state index is 14.3. The van der Waals surface area contributed by atoms with Gasteiger partial charge in [0, 0.05) is 12.8 Å². The van der Waals surface area contributed by atoms with E-state index in [9.17, 15) is 207 Å². The van der Waals surface area contributed by atoms with E-state index >= 15 is 0 Å². The standard InChI is InChI=1S/C67H111N2O61P/c68-21-26(83)24(81)18(115-56(21)103)8-112-57-22(69)27(84)47(130-131(108,109)110)20(117-57)10-114-66(64(104)105)2-17(127-67(65(106)107)1-11(74)23(80)44(128-67)13(76)4-71)48(46(129-66)15(78)6-73)121-63-41(98)50(53(45(120-63)14(77)5-72)126-60-37(94)28(85)25(82)19(116-60)9-113-59-36(93)30(87)33(90)51(124-59)54(99)100)123-62-40(97)49(122-61-38(95)31(88)34(91)52(125-61)55(101)102)39(96)43(119-62)16(79)7-111-58-35(92)29(86)32(89)42(118-58)12(75)3-70/h11-53,56-63,70-98,103H,1-10,68-69H2,(H,99,100)(H,101,102)(H,104,105)(H,106,107)(H2,108,109,110)/t11-,12+,13-,14+,15-,16+,17+,18-,19-,20-,21-,22-,23-,24-,25-,26-,27-,28+,29+,30+,31+,32+,33-,34+,35+,36-,37-,38-,39-,40+,41+,42-,43-,44-,45-,46-,47-,48-,49+,50-,51+,52+,53-,56+,57-,58+,59-,60+,61+,62-,63-,66-,67-/m1/s1. The lowest BCUT2D eigenvalue weighted by atomic mass is 9.89. The van der Waals surface area contributed by atoms with Gasteiger partial charge in [-0.3, -0.25) is 4.52 Å². The number of rotatable bonds is 37. The van der Waals surface area contributed by atoms with Gasteiger partial charge in [0.15, 0.2) is 62.5 Å². The van der Waals surface area contributed by atoms with Gasteiger partial charge in [0.05, 0.1) is 77.1 Å². The van der Waals surface area contributed by atoms with Crippen molar-refractivity contribution in [1.82, 2.24) is 0 Å². The van der Waals surface area contributed by atoms with Crippen molar-refractivity contribution in [3.05, 3.63) is 0 Å². The number of phosphoric acid groups is 1. The Morgan fingerprint density at radius 3 is 1.31 bits per heavy atom. The molecular weight excluding hydrogens is 1840 g/mol. The molecule has 10 aliphatic heterocycles. The van der Waals surface area contributed by atoms with Crippen molar-refractivity contribution in [3.8, 4) is 0 Å². The topological polar surface area (TPSA) is 1050 Å². The predicted octanol–water partition coefficient (Wildman–Crippen LogP) is -24.8. The molecule has 64 heteroatoms. The van der Waals surface area contributed by atoms with Gasteiger partial charge in [0.1, 0.15) is 226 Å². The highest BCUT2D eigenvalue weighted by Gasteiger charge is 2.66. The largest absolute Gasteiger partial charge is 0.479 e. The van der Waals surface area contributed by atoms with E-state index in [-0.39, 0.29) is 0 Å². The number of aliphatic hydroxyl groups excluding tert-OH is 30. The third-order valence-electron chi connectivity index (χ3n) is 23.4. The Balaban J connectivity index is 1.09. The van der Waals surface area contributed by atoms with E-state index in [0.29, 0.717) is 0 Å². The Kier molecular flexibility index (Phi) is 37.5. The van der Waals surface area contributed by atoms with Gasteiger partial charge in [0.2, 0.25) is 0 Å². The highest BCUT2D eigenvalue weighted by Crippen LogP contribution is 2.47. The number of carbonyl (C=O) groups is 4. The Bertz CT molecular complexity index is 3710. The smallest absolute Gasteiger partial charge is 0.470 e. The summed E-state index contributed by atoms with van der Waals surface area (Å²) in [5.41, 5.74) is 11.8. The Morgan fingerprint density at radius 2 is 0.763 bits per heavy atom. The highest BCUT2D eigenvalue weighted by atomic mass is 31.2. The first kappa shape index (κ1) is 109. The third-order valence-corrected chi connectivity index (χ3v) is 23.9. The van der Waals surface area contributed by atoms with E-state index in [1.165, 1.54) is 0 Å². The molecule has 0 aromatic heterocycles. The summed E-state index contributed by atoms with van der Waals surface area (Å²) < 4.78 is 126. The van der Waals surface area contributed by atoms with Crippen molar-refractivity contribution in [3.63, 3.8) is 0 Å². The molecule has 10 heterocycles. The van der Waals surface area contributed by atoms with Crippen LogP contribution < -0.4 is 11.5 Å². The molecule has 40 N–H and O–H groups in total. The molecule has 0 bridgehead atoms. The fourth-order valence-electron chi connectivity index (χ4n) is 16.0. The fourth-order valence-corrected chi connectivity index (χ4v) is 16.6. The number of aliphatic carboxylic acids is 4. The second-order valence-corrected chi connectivity index (χ2v) is 33.5. The number of ether oxygens (including phenoxy) is 19. The lowest BCUT2D eigenvalue weighted by Gasteiger charge is -2.53. The third kappa shape index (κ3) is 23.5. The van der Waals surface area contributed by atoms with E-state index in [1.807, 2.05) is 0 Å². The second kappa shape index (κ2) is 45.0. The number of hydrogen-bond acceptors (Lipinski definition) is 57. The van der Waals surface area contributed by atoms with Crippen LogP contribution in [-0.2, 0) is 118 Å². The minimum atomic E-state index is -5.94. The van der Waals surface area contributed by atoms with E-state index < -0.39 is 422 Å². The number of carboxylic acids is 4. The van der Waals surface area contributed by atoms with Crippen molar-refractivity contribution in [1.29, 1.82) is 0 Å². The quantitative estimate of drug-likeness (QED) is 0.0257. The van der Waals surface area contributed by atoms with Gasteiger partial charge >= 0.3 is 31.7 Å². The highest BCUT2D eigenvalue weighted by molar-refractivity contribution is 7.46. The summed E-state index contributed by atoms with van der Waals surface area (Å²) in [5, 5.41) is 377. The Hall–Kier alpha value is -4.05. The molecule has 10 fully saturated rings. The molecule has 760 valence electrons. The monoisotopic (exact) mass is 1950 g/mol. The summed E-state index contributed by atoms with van der Waals surface area (Å²) in [6.07, 6.45) is -128. The molecule has 0 aromatic rings. The summed E-state index contributed by atoms with van der Waals surface area (Å²) >= 11 is 0. The molecule has 10 rings (SSSR count). The number of carboxylic acid groups (broad SMARTS) is 4. The Morgan fingerprint density at radius 1 is 0.351 bits per heavy atom. The fraction of sp³-hybridized carbons (Fsp3) is 0.940. The summed E-state index contributed by atoms with van der Waals surface area (Å²) in [6, 6.07) is -3.67. The van der Waals surface area contributed by atoms with Gasteiger partial charge in [-0.15, -0.1) is 0 Å². The molecule has 0 aromatic carbocycles. The molecular formula is C67H111N2O61P. The van der Waals surface area contributed by atoms with Gasteiger partial charge in [0.25, 0.3) is 11.6 Å². The minimum absolute atomic E-state index is 0.998. The minimum Gasteiger partial charge on any atom is -0.479 e. The van der Waals surface area contributed by atoms with Gasteiger partial charge in [-0.2, -0.15) is 0 Å². The summed E-state index contributed by atoms with van der Waals surface area (Å²) in [4.78, 5) is 73.0. The van der Waals surface area contributed by atoms with Crippen molar-refractivity contribution < 1.29 is 302 Å². The van der Waals surface area contributed by atoms with Crippen molar-refractivity contribution in [2.75, 3.05) is 52.9 Å². The van der Waals surface area contributed by atoms with Crippen molar-refractivity contribution in [2.24, 2.45) is 11.5 Å². The molecule has 10 saturated heterocycles. The SMILES string of the molecule is N[C@@H]1[C@@H](O)[C@H](O)[C@@H](CO[C@@H]2O[C@H](CO[C@]3(C(=O)O)C[C@H](O[C@]4(C(=O)O)C[C@@H](O)[C@@H](O)[C@@H]([C@H](O)CO)O4)[C@@H](O[C@H]4O[C@H]([C@@H](O)CO)[C@@H](O[C@@H]5O[C@H](CO[C@@H]6O[C@H](C(=O)O)[C@H](O)[C@H](O)[C@H]6O)[C@@H](O)[C@H](O)[C@H]5O)[C@H](O[C@H]5O[C@H]([C@@H](O)CO[C@H]6O[C@H]([C@@H](O)CO)[C@@H](O)[C@H](O)[C@@H]6O)[C@@H](O)[C@H](O[C@H]6O[C@H](C(=O)O)[C@@H](O)[C@H](O)[C@H]6O)[C@@H]5O)[C@@H]4O)[C@@H]([C@H](O)CO)O3)[C@@H](OP(=O)(O)O)[C@H](O)[C@H]2N)O[C@@H]1O. The molecule has 0 saturated carbocycles. The van der Waals surface area contributed by atoms with E-state index in [4.69, 9.17) is 106 Å². The van der Waals surface area contributed by atoms with Crippen LogP contribution in [0.4, 0.5) is 0 Å². The molecule has 53 atom stereocenters. The van der Waals surface area contributed by atoms with Crippen LogP contribution in [0.5, 0.6) is 0 Å². The lowest BCUT2D eigenvalue weighted by molar-refractivity contribution is -0.418. The van der Waals surface area contributed by atoms with Crippen LogP contribution in [0.25, 0.3) is 0 Å². The summed E-state index contributed by atoms with van der Waals surface area (Å²) in [7, 11) is -5.94. The average Bonchev–Trinajstić information content (AvgIpc) is 0.743. The van der Waals surface area contributed by atoms with Gasteiger partial charge < -0.3 is 285 Å². The van der Waals surface area contributed by atoms with Crippen LogP contribution in [0.2, 0.25) is 0 Å². The van der Waals surface area contributed by atoms with Crippen LogP contribution in [0.3, 0.4) is 0 Å². The Labute approximate surface area is 733 Å². The number of hydrogen-bond donors (Lipinski definition) is 38. The summed E-state index contributed by atoms with van der Waals surface area (Å²) in [5.74, 6) is -16.7. The van der Waals surface area contributed by atoms with Crippen LogP contribution in [0.1, 0.15) is 12.8 Å². The maximum Gasteiger partial charge on any atom is 0.470 e. The molecule has 0 spiro atoms. The molecule has 0 radical (unpaired) electrons. The molecule has 131 heavy (non-hydrogen) atoms. The zero-order chi connectivity index (χ0) is 97.5. The van der Waals surface area contributed by atoms with Gasteiger partial charge in [-0.25, -0.2) is 23.7 Å². The molecule has 0 aliphatic carbocycles. The van der Waals surface area contributed by atoms with Crippen molar-refractivity contribution >= 4 is 31.7 Å². The van der Waals surface area contributed by atoms with Crippen LogP contribution >= 0.6 is 7.82 Å². The van der Waals surface area contributed by atoms with E-state index in [0.717, 1.165) is 0 Å². The van der Waals surface area contributed by atoms with Crippen LogP contribution in [0, 0.1) is 0 Å². The second-order valence-electron chi connectivity index (χ2n) is 32.3. The zero-order valence-electron chi connectivity index (χ0n) is 67.4. The number of aliphatic hydroxyl groups is 30. The molecule has 0 unspecified atom stereocenters. The first-order valence-electron chi connectivity index (χ1n) is 39.9. The molecule has 63 nitrogen and oxygen atoms in total. The van der Waals surface area contributed by atoms with Crippen LogP contribution in [-0.4, -0.2) is 584 Å². The van der Waals surface area contributed by atoms with Crippen molar-refractivity contribution in [2.45, 2.75) is 337 Å². The molecule has 10 aliphatic rings. The van der Waals surface area contributed by atoms with Crippen LogP contribution in [0.15, 0.2) is 0 Å². The molecule has 0 amide bonds. The normalized spacial score (nSPS) is 48.6.